The Labute approximate surface area is 143 Å². The maximum absolute atomic E-state index is 12.0. The number of hydrogen-bond acceptors (Lipinski definition) is 2. The molecule has 0 spiro atoms. The molecule has 0 aliphatic carbocycles. The van der Waals surface area contributed by atoms with Gasteiger partial charge in [-0.3, -0.25) is 9.59 Å². The van der Waals surface area contributed by atoms with E-state index in [1.165, 1.54) is 5.56 Å². The quantitative estimate of drug-likeness (QED) is 0.801. The van der Waals surface area contributed by atoms with Gasteiger partial charge in [0.15, 0.2) is 0 Å². The first-order chi connectivity index (χ1) is 11.3. The molecule has 2 aromatic carbocycles. The molecule has 0 fully saturated rings. The monoisotopic (exact) mass is 324 g/mol. The number of rotatable bonds is 5. The second kappa shape index (κ2) is 7.77. The largest absolute Gasteiger partial charge is 0.326 e. The van der Waals surface area contributed by atoms with Gasteiger partial charge in [-0.2, -0.15) is 0 Å². The van der Waals surface area contributed by atoms with Gasteiger partial charge in [0.1, 0.15) is 6.42 Å². The van der Waals surface area contributed by atoms with Gasteiger partial charge in [-0.25, -0.2) is 0 Å². The van der Waals surface area contributed by atoms with Gasteiger partial charge in [0.2, 0.25) is 11.8 Å². The number of hydrogen-bond donors (Lipinski definition) is 2. The van der Waals surface area contributed by atoms with E-state index in [2.05, 4.69) is 24.5 Å². The molecule has 0 aliphatic heterocycles. The van der Waals surface area contributed by atoms with Crippen LogP contribution in [0.3, 0.4) is 0 Å². The number of amides is 2. The lowest BCUT2D eigenvalue weighted by molar-refractivity contribution is -0.123. The topological polar surface area (TPSA) is 58.2 Å². The number of carbonyl (C=O) groups excluding carboxylic acids is 2. The molecule has 0 unspecified atom stereocenters. The summed E-state index contributed by atoms with van der Waals surface area (Å²) in [5.41, 5.74) is 4.68. The summed E-state index contributed by atoms with van der Waals surface area (Å²) in [6.45, 7) is 8.12. The van der Waals surface area contributed by atoms with Crippen LogP contribution in [0.5, 0.6) is 0 Å². The van der Waals surface area contributed by atoms with Crippen molar-refractivity contribution < 1.29 is 9.59 Å². The summed E-state index contributed by atoms with van der Waals surface area (Å²) < 4.78 is 0. The normalized spacial score (nSPS) is 10.5. The minimum Gasteiger partial charge on any atom is -0.326 e. The average molecular weight is 324 g/mol. The highest BCUT2D eigenvalue weighted by molar-refractivity contribution is 6.08. The molecule has 126 valence electrons. The summed E-state index contributed by atoms with van der Waals surface area (Å²) in [4.78, 5) is 24.1. The molecule has 4 nitrogen and oxygen atoms in total. The molecular formula is C20H24N2O2. The first-order valence-corrected chi connectivity index (χ1v) is 8.12. The third kappa shape index (κ3) is 4.95. The van der Waals surface area contributed by atoms with Crippen LogP contribution in [-0.4, -0.2) is 11.8 Å². The van der Waals surface area contributed by atoms with Crippen LogP contribution >= 0.6 is 0 Å². The molecule has 0 aromatic heterocycles. The molecule has 0 atom stereocenters. The Morgan fingerprint density at radius 2 is 1.54 bits per heavy atom. The Balaban J connectivity index is 1.91. The summed E-state index contributed by atoms with van der Waals surface area (Å²) in [6.07, 6.45) is -0.209. The molecule has 4 heteroatoms. The smallest absolute Gasteiger partial charge is 0.233 e. The molecule has 2 aromatic rings. The zero-order valence-electron chi connectivity index (χ0n) is 14.6. The number of benzene rings is 2. The molecule has 0 saturated heterocycles. The fraction of sp³-hybridized carbons (Fsp3) is 0.300. The molecule has 0 aliphatic rings. The zero-order valence-corrected chi connectivity index (χ0v) is 14.6. The van der Waals surface area contributed by atoms with Gasteiger partial charge in [-0.15, -0.1) is 0 Å². The van der Waals surface area contributed by atoms with E-state index in [4.69, 9.17) is 0 Å². The highest BCUT2D eigenvalue weighted by Gasteiger charge is 2.11. The van der Waals surface area contributed by atoms with Gasteiger partial charge in [0, 0.05) is 11.4 Å². The van der Waals surface area contributed by atoms with Gasteiger partial charge in [0.25, 0.3) is 0 Å². The fourth-order valence-electron chi connectivity index (χ4n) is 2.37. The summed E-state index contributed by atoms with van der Waals surface area (Å²) >= 11 is 0. The number of aryl methyl sites for hydroxylation is 2. The van der Waals surface area contributed by atoms with Gasteiger partial charge < -0.3 is 10.6 Å². The second-order valence-corrected chi connectivity index (χ2v) is 6.37. The summed E-state index contributed by atoms with van der Waals surface area (Å²) in [5, 5.41) is 5.54. The first-order valence-electron chi connectivity index (χ1n) is 8.12. The van der Waals surface area contributed by atoms with E-state index in [1.807, 2.05) is 56.3 Å². The Kier molecular flexibility index (Phi) is 5.74. The summed E-state index contributed by atoms with van der Waals surface area (Å²) in [7, 11) is 0. The molecule has 0 radical (unpaired) electrons. The first kappa shape index (κ1) is 17.7. The van der Waals surface area contributed by atoms with Crippen molar-refractivity contribution in [1.82, 2.24) is 0 Å². The minimum atomic E-state index is -0.324. The summed E-state index contributed by atoms with van der Waals surface area (Å²) in [5.74, 6) is -0.201. The lowest BCUT2D eigenvalue weighted by Crippen LogP contribution is -2.21. The molecule has 0 saturated carbocycles. The lowest BCUT2D eigenvalue weighted by atomic mass is 10.0. The van der Waals surface area contributed by atoms with Crippen LogP contribution in [0.25, 0.3) is 0 Å². The Morgan fingerprint density at radius 1 is 0.917 bits per heavy atom. The molecule has 2 amide bonds. The van der Waals surface area contributed by atoms with Crippen LogP contribution in [0.2, 0.25) is 0 Å². The number of nitrogens with one attached hydrogen (secondary N) is 2. The molecule has 2 rings (SSSR count). The zero-order chi connectivity index (χ0) is 17.7. The van der Waals surface area contributed by atoms with E-state index in [9.17, 15) is 9.59 Å². The van der Waals surface area contributed by atoms with Crippen LogP contribution < -0.4 is 10.6 Å². The van der Waals surface area contributed by atoms with Crippen LogP contribution in [0.4, 0.5) is 11.4 Å². The maximum atomic E-state index is 12.0. The van der Waals surface area contributed by atoms with E-state index >= 15 is 0 Å². The number of carbonyl (C=O) groups is 2. The van der Waals surface area contributed by atoms with Crippen molar-refractivity contribution in [3.8, 4) is 0 Å². The van der Waals surface area contributed by atoms with Crippen LogP contribution in [-0.2, 0) is 9.59 Å². The minimum absolute atomic E-state index is 0.209. The fourth-order valence-corrected chi connectivity index (χ4v) is 2.37. The third-order valence-electron chi connectivity index (χ3n) is 3.85. The Bertz CT molecular complexity index is 734. The predicted molar refractivity (Wildman–Crippen MR) is 98.3 cm³/mol. The van der Waals surface area contributed by atoms with E-state index in [1.54, 1.807) is 0 Å². The molecule has 0 bridgehead atoms. The number of anilines is 2. The SMILES string of the molecule is Cc1ccc(C)c(NC(=O)CC(=O)Nc2ccc(C(C)C)cc2)c1. The average Bonchev–Trinajstić information content (AvgIpc) is 2.51. The van der Waals surface area contributed by atoms with Gasteiger partial charge in [0.05, 0.1) is 0 Å². The molecule has 0 heterocycles. The van der Waals surface area contributed by atoms with Gasteiger partial charge in [-0.1, -0.05) is 38.1 Å². The van der Waals surface area contributed by atoms with Crippen molar-refractivity contribution >= 4 is 23.2 Å². The van der Waals surface area contributed by atoms with Crippen LogP contribution in [0, 0.1) is 13.8 Å². The van der Waals surface area contributed by atoms with Crippen molar-refractivity contribution in [3.05, 3.63) is 59.2 Å². The molecule has 24 heavy (non-hydrogen) atoms. The third-order valence-corrected chi connectivity index (χ3v) is 3.85. The predicted octanol–water partition coefficient (Wildman–Crippen LogP) is 4.39. The van der Waals surface area contributed by atoms with E-state index < -0.39 is 0 Å². The highest BCUT2D eigenvalue weighted by Crippen LogP contribution is 2.18. The van der Waals surface area contributed by atoms with Gasteiger partial charge >= 0.3 is 0 Å². The van der Waals surface area contributed by atoms with Crippen molar-refractivity contribution in [2.75, 3.05) is 10.6 Å². The molecular weight excluding hydrogens is 300 g/mol. The van der Waals surface area contributed by atoms with E-state index in [0.29, 0.717) is 11.6 Å². The highest BCUT2D eigenvalue weighted by atomic mass is 16.2. The lowest BCUT2D eigenvalue weighted by Gasteiger charge is -2.10. The Morgan fingerprint density at radius 3 is 2.17 bits per heavy atom. The van der Waals surface area contributed by atoms with Gasteiger partial charge in [-0.05, 0) is 54.7 Å². The second-order valence-electron chi connectivity index (χ2n) is 6.37. The summed E-state index contributed by atoms with van der Waals surface area (Å²) in [6, 6.07) is 13.5. The van der Waals surface area contributed by atoms with Crippen molar-refractivity contribution in [1.29, 1.82) is 0 Å². The Hall–Kier alpha value is -2.62. The van der Waals surface area contributed by atoms with Crippen molar-refractivity contribution in [3.63, 3.8) is 0 Å². The maximum Gasteiger partial charge on any atom is 0.233 e. The standard InChI is InChI=1S/C20H24N2O2/c1-13(2)16-7-9-17(10-8-16)21-19(23)12-20(24)22-18-11-14(3)5-6-15(18)4/h5-11,13H,12H2,1-4H3,(H,21,23)(H,22,24). The van der Waals surface area contributed by atoms with Crippen LogP contribution in [0.15, 0.2) is 42.5 Å². The van der Waals surface area contributed by atoms with Crippen molar-refractivity contribution in [2.45, 2.75) is 40.0 Å². The van der Waals surface area contributed by atoms with Crippen LogP contribution in [0.1, 0.15) is 42.9 Å². The van der Waals surface area contributed by atoms with Crippen molar-refractivity contribution in [2.24, 2.45) is 0 Å². The van der Waals surface area contributed by atoms with E-state index in [0.717, 1.165) is 16.8 Å². The molecule has 2 N–H and O–H groups in total. The van der Waals surface area contributed by atoms with E-state index in [-0.39, 0.29) is 18.2 Å².